The number of phenols is 1. The number of aryl methyl sites for hydroxylation is 2. The molecule has 0 aliphatic heterocycles. The number of amides is 1. The summed E-state index contributed by atoms with van der Waals surface area (Å²) in [6.07, 6.45) is 1.31. The maximum atomic E-state index is 11.7. The minimum atomic E-state index is -0.411. The minimum Gasteiger partial charge on any atom is -0.506 e. The first-order chi connectivity index (χ1) is 11.3. The molecule has 7 heteroatoms. The Labute approximate surface area is 153 Å². The van der Waals surface area contributed by atoms with Crippen molar-refractivity contribution in [1.82, 2.24) is 5.43 Å². The van der Waals surface area contributed by atoms with Crippen LogP contribution in [-0.4, -0.2) is 23.8 Å². The van der Waals surface area contributed by atoms with E-state index in [-0.39, 0.29) is 17.4 Å². The van der Waals surface area contributed by atoms with Gasteiger partial charge in [0.1, 0.15) is 11.5 Å². The van der Waals surface area contributed by atoms with Crippen molar-refractivity contribution < 1.29 is 14.6 Å². The summed E-state index contributed by atoms with van der Waals surface area (Å²) in [5.74, 6) is 0.110. The zero-order valence-corrected chi connectivity index (χ0v) is 15.5. The second-order valence-electron chi connectivity index (χ2n) is 5.23. The normalized spacial score (nSPS) is 10.8. The molecule has 2 aromatic carbocycles. The molecule has 2 rings (SSSR count). The molecule has 0 unspecified atom stereocenters. The van der Waals surface area contributed by atoms with Crippen LogP contribution < -0.4 is 10.2 Å². The lowest BCUT2D eigenvalue weighted by Gasteiger charge is -2.07. The Morgan fingerprint density at radius 3 is 2.62 bits per heavy atom. The average molecular weight is 412 g/mol. The number of ether oxygens (including phenoxy) is 1. The molecular weight excluding hydrogens is 396 g/mol. The largest absolute Gasteiger partial charge is 0.506 e. The van der Waals surface area contributed by atoms with Crippen molar-refractivity contribution in [2.75, 3.05) is 6.61 Å². The fourth-order valence-corrected chi connectivity index (χ4v) is 2.89. The van der Waals surface area contributed by atoms with Crippen LogP contribution in [0.1, 0.15) is 16.7 Å². The highest BCUT2D eigenvalue weighted by atomic mass is 79.9. The number of phenolic OH excluding ortho intramolecular Hbond substituents is 1. The van der Waals surface area contributed by atoms with Crippen LogP contribution >= 0.6 is 27.5 Å². The maximum absolute atomic E-state index is 11.7. The van der Waals surface area contributed by atoms with Crippen molar-refractivity contribution in [3.63, 3.8) is 0 Å². The van der Waals surface area contributed by atoms with Crippen LogP contribution in [0, 0.1) is 13.8 Å². The maximum Gasteiger partial charge on any atom is 0.277 e. The average Bonchev–Trinajstić information content (AvgIpc) is 2.49. The third-order valence-electron chi connectivity index (χ3n) is 3.02. The molecule has 5 nitrogen and oxygen atoms in total. The van der Waals surface area contributed by atoms with Gasteiger partial charge in [-0.2, -0.15) is 5.10 Å². The summed E-state index contributed by atoms with van der Waals surface area (Å²) >= 11 is 9.12. The lowest BCUT2D eigenvalue weighted by atomic mass is 10.1. The Morgan fingerprint density at radius 1 is 1.29 bits per heavy atom. The molecule has 0 radical (unpaired) electrons. The molecule has 0 aliphatic carbocycles. The minimum absolute atomic E-state index is 0.107. The van der Waals surface area contributed by atoms with E-state index in [1.807, 2.05) is 32.0 Å². The van der Waals surface area contributed by atoms with Crippen molar-refractivity contribution in [2.24, 2.45) is 5.10 Å². The number of nitrogens with one attached hydrogen (secondary N) is 1. The standard InChI is InChI=1S/C17H16BrClN2O3/c1-10-3-11(2)5-14(4-10)24-9-16(22)21-20-8-12-6-13(18)7-15(19)17(12)23/h3-8,23H,9H2,1-2H3,(H,21,22). The second-order valence-corrected chi connectivity index (χ2v) is 6.55. The summed E-state index contributed by atoms with van der Waals surface area (Å²) in [5.41, 5.74) is 4.83. The fourth-order valence-electron chi connectivity index (χ4n) is 2.06. The molecule has 0 bridgehead atoms. The second kappa shape index (κ2) is 8.17. The molecule has 0 saturated heterocycles. The molecule has 0 saturated carbocycles. The molecule has 1 amide bonds. The lowest BCUT2D eigenvalue weighted by molar-refractivity contribution is -0.123. The number of halogens is 2. The SMILES string of the molecule is Cc1cc(C)cc(OCC(=O)NN=Cc2cc(Br)cc(Cl)c2O)c1. The Morgan fingerprint density at radius 2 is 1.96 bits per heavy atom. The van der Waals surface area contributed by atoms with Crippen LogP contribution in [0.15, 0.2) is 39.9 Å². The number of rotatable bonds is 5. The van der Waals surface area contributed by atoms with Gasteiger partial charge in [0.15, 0.2) is 6.61 Å². The molecule has 0 aliphatic rings. The monoisotopic (exact) mass is 410 g/mol. The first-order valence-corrected chi connectivity index (χ1v) is 8.23. The molecule has 24 heavy (non-hydrogen) atoms. The van der Waals surface area contributed by atoms with Gasteiger partial charge in [-0.15, -0.1) is 0 Å². The van der Waals surface area contributed by atoms with Gasteiger partial charge in [-0.1, -0.05) is 33.6 Å². The molecule has 126 valence electrons. The quantitative estimate of drug-likeness (QED) is 0.578. The van der Waals surface area contributed by atoms with Crippen LogP contribution in [-0.2, 0) is 4.79 Å². The van der Waals surface area contributed by atoms with Gasteiger partial charge in [0.05, 0.1) is 11.2 Å². The highest BCUT2D eigenvalue weighted by Crippen LogP contribution is 2.30. The summed E-state index contributed by atoms with van der Waals surface area (Å²) in [6, 6.07) is 8.91. The third-order valence-corrected chi connectivity index (χ3v) is 3.76. The van der Waals surface area contributed by atoms with E-state index >= 15 is 0 Å². The van der Waals surface area contributed by atoms with E-state index in [0.717, 1.165) is 11.1 Å². The Kier molecular flexibility index (Phi) is 6.23. The number of benzene rings is 2. The number of hydrazone groups is 1. The summed E-state index contributed by atoms with van der Waals surface area (Å²) < 4.78 is 6.12. The van der Waals surface area contributed by atoms with Gasteiger partial charge in [-0.05, 0) is 49.2 Å². The molecule has 0 heterocycles. The lowest BCUT2D eigenvalue weighted by Crippen LogP contribution is -2.24. The van der Waals surface area contributed by atoms with Crippen molar-refractivity contribution in [1.29, 1.82) is 0 Å². The van der Waals surface area contributed by atoms with Crippen LogP contribution in [0.4, 0.5) is 0 Å². The molecule has 2 aromatic rings. The van der Waals surface area contributed by atoms with Gasteiger partial charge in [-0.3, -0.25) is 4.79 Å². The van der Waals surface area contributed by atoms with E-state index in [1.165, 1.54) is 6.21 Å². The van der Waals surface area contributed by atoms with Gasteiger partial charge in [0.2, 0.25) is 0 Å². The van der Waals surface area contributed by atoms with E-state index in [9.17, 15) is 9.90 Å². The highest BCUT2D eigenvalue weighted by Gasteiger charge is 2.06. The van der Waals surface area contributed by atoms with Gasteiger partial charge >= 0.3 is 0 Å². The van der Waals surface area contributed by atoms with Crippen molar-refractivity contribution in [3.8, 4) is 11.5 Å². The first kappa shape index (κ1) is 18.3. The number of carbonyl (C=O) groups excluding carboxylic acids is 1. The summed E-state index contributed by atoms with van der Waals surface area (Å²) in [6.45, 7) is 3.76. The zero-order chi connectivity index (χ0) is 17.7. The predicted molar refractivity (Wildman–Crippen MR) is 98.0 cm³/mol. The first-order valence-electron chi connectivity index (χ1n) is 7.06. The van der Waals surface area contributed by atoms with Crippen LogP contribution in [0.5, 0.6) is 11.5 Å². The van der Waals surface area contributed by atoms with Crippen molar-refractivity contribution >= 4 is 39.7 Å². The molecular formula is C17H16BrClN2O3. The molecule has 0 fully saturated rings. The van der Waals surface area contributed by atoms with E-state index < -0.39 is 5.91 Å². The number of carbonyl (C=O) groups is 1. The van der Waals surface area contributed by atoms with E-state index in [2.05, 4.69) is 26.5 Å². The zero-order valence-electron chi connectivity index (χ0n) is 13.1. The van der Waals surface area contributed by atoms with Gasteiger partial charge in [0, 0.05) is 10.0 Å². The predicted octanol–water partition coefficient (Wildman–Crippen LogP) is 3.95. The summed E-state index contributed by atoms with van der Waals surface area (Å²) in [4.78, 5) is 11.7. The molecule has 0 aromatic heterocycles. The Balaban J connectivity index is 1.91. The third kappa shape index (κ3) is 5.25. The summed E-state index contributed by atoms with van der Waals surface area (Å²) in [7, 11) is 0. The van der Waals surface area contributed by atoms with Gasteiger partial charge in [-0.25, -0.2) is 5.43 Å². The van der Waals surface area contributed by atoms with Crippen molar-refractivity contribution in [3.05, 3.63) is 56.5 Å². The van der Waals surface area contributed by atoms with E-state index in [4.69, 9.17) is 16.3 Å². The van der Waals surface area contributed by atoms with Gasteiger partial charge in [0.25, 0.3) is 5.91 Å². The van der Waals surface area contributed by atoms with Crippen LogP contribution in [0.2, 0.25) is 5.02 Å². The number of nitrogens with zero attached hydrogens (tertiary/aromatic N) is 1. The Bertz CT molecular complexity index is 773. The van der Waals surface area contributed by atoms with E-state index in [1.54, 1.807) is 12.1 Å². The number of aromatic hydroxyl groups is 1. The molecule has 0 atom stereocenters. The van der Waals surface area contributed by atoms with Crippen molar-refractivity contribution in [2.45, 2.75) is 13.8 Å². The summed E-state index contributed by atoms with van der Waals surface area (Å²) in [5, 5.41) is 13.8. The number of hydrogen-bond acceptors (Lipinski definition) is 4. The fraction of sp³-hybridized carbons (Fsp3) is 0.176. The van der Waals surface area contributed by atoms with Crippen LogP contribution in [0.3, 0.4) is 0 Å². The van der Waals surface area contributed by atoms with Gasteiger partial charge < -0.3 is 9.84 Å². The Hall–Kier alpha value is -2.05. The van der Waals surface area contributed by atoms with E-state index in [0.29, 0.717) is 15.8 Å². The topological polar surface area (TPSA) is 70.9 Å². The molecule has 2 N–H and O–H groups in total. The highest BCUT2D eigenvalue weighted by molar-refractivity contribution is 9.10. The number of hydrogen-bond donors (Lipinski definition) is 2. The van der Waals surface area contributed by atoms with Crippen LogP contribution in [0.25, 0.3) is 0 Å². The smallest absolute Gasteiger partial charge is 0.277 e. The molecule has 0 spiro atoms.